The molecular formula is C22H19BO2. The summed E-state index contributed by atoms with van der Waals surface area (Å²) < 4.78 is 0. The summed E-state index contributed by atoms with van der Waals surface area (Å²) in [6, 6.07) is 24.3. The maximum Gasteiger partial charge on any atom is 0.467 e. The van der Waals surface area contributed by atoms with Crippen molar-refractivity contribution in [1.29, 1.82) is 0 Å². The molecule has 2 N–H and O–H groups in total. The zero-order valence-corrected chi connectivity index (χ0v) is 13.8. The average molecular weight is 326 g/mol. The standard InChI is InChI=1S/C22H19BO2/c24-23(25)22(19-9-2-1-3-10-19)15-13-18(14-16-22)21-12-6-8-17-7-4-5-11-20(17)21/h1-15,24-25H,16H2. The van der Waals surface area contributed by atoms with Crippen molar-refractivity contribution < 1.29 is 10.0 Å². The monoisotopic (exact) mass is 326 g/mol. The lowest BCUT2D eigenvalue weighted by molar-refractivity contribution is 0.363. The summed E-state index contributed by atoms with van der Waals surface area (Å²) in [5.74, 6) is 0. The van der Waals surface area contributed by atoms with E-state index in [0.29, 0.717) is 6.42 Å². The van der Waals surface area contributed by atoms with Crippen LogP contribution in [0.15, 0.2) is 91.0 Å². The van der Waals surface area contributed by atoms with Gasteiger partial charge in [-0.05, 0) is 33.9 Å². The Kier molecular flexibility index (Phi) is 4.04. The van der Waals surface area contributed by atoms with Gasteiger partial charge in [-0.3, -0.25) is 0 Å². The van der Waals surface area contributed by atoms with Crippen molar-refractivity contribution in [1.82, 2.24) is 0 Å². The van der Waals surface area contributed by atoms with Crippen molar-refractivity contribution in [3.63, 3.8) is 0 Å². The molecule has 0 fully saturated rings. The molecule has 0 aliphatic heterocycles. The third-order valence-electron chi connectivity index (χ3n) is 5.09. The summed E-state index contributed by atoms with van der Waals surface area (Å²) >= 11 is 0. The fraction of sp³-hybridized carbons (Fsp3) is 0.0909. The summed E-state index contributed by atoms with van der Waals surface area (Å²) in [6.07, 6.45) is 6.60. The van der Waals surface area contributed by atoms with Crippen LogP contribution < -0.4 is 0 Å². The molecule has 4 rings (SSSR count). The first-order valence-corrected chi connectivity index (χ1v) is 8.50. The Hall–Kier alpha value is -2.62. The van der Waals surface area contributed by atoms with Gasteiger partial charge in [0.2, 0.25) is 0 Å². The van der Waals surface area contributed by atoms with Crippen LogP contribution in [-0.4, -0.2) is 17.2 Å². The Balaban J connectivity index is 1.76. The minimum Gasteiger partial charge on any atom is -0.426 e. The molecule has 3 aromatic rings. The number of hydrogen-bond acceptors (Lipinski definition) is 2. The molecule has 0 saturated heterocycles. The van der Waals surface area contributed by atoms with Crippen molar-refractivity contribution in [3.05, 3.63) is 102 Å². The second-order valence-corrected chi connectivity index (χ2v) is 6.50. The van der Waals surface area contributed by atoms with Crippen LogP contribution in [0, 0.1) is 0 Å². The molecule has 0 amide bonds. The summed E-state index contributed by atoms with van der Waals surface area (Å²) in [4.78, 5) is 0. The van der Waals surface area contributed by atoms with Gasteiger partial charge in [0.1, 0.15) is 0 Å². The molecule has 0 spiro atoms. The first-order valence-electron chi connectivity index (χ1n) is 8.50. The highest BCUT2D eigenvalue weighted by atomic mass is 16.4. The Bertz CT molecular complexity index is 955. The van der Waals surface area contributed by atoms with Crippen LogP contribution in [0.5, 0.6) is 0 Å². The first-order chi connectivity index (χ1) is 12.2. The van der Waals surface area contributed by atoms with E-state index in [0.717, 1.165) is 11.1 Å². The van der Waals surface area contributed by atoms with Crippen LogP contribution in [0.2, 0.25) is 0 Å². The Morgan fingerprint density at radius 2 is 1.52 bits per heavy atom. The van der Waals surface area contributed by atoms with Gasteiger partial charge in [0.05, 0.1) is 5.31 Å². The lowest BCUT2D eigenvalue weighted by atomic mass is 9.51. The molecule has 0 bridgehead atoms. The number of fused-ring (bicyclic) bond motifs is 1. The zero-order chi connectivity index (χ0) is 17.3. The lowest BCUT2D eigenvalue weighted by Crippen LogP contribution is -2.42. The first kappa shape index (κ1) is 15.9. The van der Waals surface area contributed by atoms with Crippen LogP contribution in [0.4, 0.5) is 0 Å². The fourth-order valence-electron chi connectivity index (χ4n) is 3.63. The quantitative estimate of drug-likeness (QED) is 0.711. The van der Waals surface area contributed by atoms with Gasteiger partial charge in [0.15, 0.2) is 0 Å². The van der Waals surface area contributed by atoms with Crippen molar-refractivity contribution in [3.8, 4) is 0 Å². The molecular weight excluding hydrogens is 307 g/mol. The van der Waals surface area contributed by atoms with E-state index >= 15 is 0 Å². The minimum atomic E-state index is -1.45. The second-order valence-electron chi connectivity index (χ2n) is 6.50. The highest BCUT2D eigenvalue weighted by molar-refractivity contribution is 6.46. The van der Waals surface area contributed by atoms with Gasteiger partial charge in [0.25, 0.3) is 0 Å². The molecule has 0 heterocycles. The van der Waals surface area contributed by atoms with Gasteiger partial charge < -0.3 is 10.0 Å². The molecule has 1 aliphatic rings. The maximum absolute atomic E-state index is 10.1. The number of hydrogen-bond donors (Lipinski definition) is 2. The van der Waals surface area contributed by atoms with E-state index < -0.39 is 12.4 Å². The normalized spacial score (nSPS) is 19.7. The van der Waals surface area contributed by atoms with Crippen LogP contribution in [0.1, 0.15) is 17.5 Å². The zero-order valence-electron chi connectivity index (χ0n) is 13.8. The van der Waals surface area contributed by atoms with E-state index in [9.17, 15) is 10.0 Å². The smallest absolute Gasteiger partial charge is 0.426 e. The second kappa shape index (κ2) is 6.36. The van der Waals surface area contributed by atoms with Crippen molar-refractivity contribution in [2.75, 3.05) is 0 Å². The van der Waals surface area contributed by atoms with Crippen molar-refractivity contribution in [2.24, 2.45) is 0 Å². The molecule has 0 saturated carbocycles. The predicted molar refractivity (Wildman–Crippen MR) is 104 cm³/mol. The van der Waals surface area contributed by atoms with Gasteiger partial charge in [-0.2, -0.15) is 0 Å². The largest absolute Gasteiger partial charge is 0.467 e. The van der Waals surface area contributed by atoms with Crippen LogP contribution in [0.3, 0.4) is 0 Å². The average Bonchev–Trinajstić information content (AvgIpc) is 2.68. The van der Waals surface area contributed by atoms with Crippen molar-refractivity contribution >= 4 is 23.5 Å². The molecule has 3 heteroatoms. The molecule has 0 radical (unpaired) electrons. The molecule has 122 valence electrons. The van der Waals surface area contributed by atoms with Gasteiger partial charge >= 0.3 is 7.12 Å². The minimum absolute atomic E-state index is 0.545. The number of allylic oxidation sites excluding steroid dienone is 4. The molecule has 1 atom stereocenters. The van der Waals surface area contributed by atoms with E-state index in [2.05, 4.69) is 36.4 Å². The summed E-state index contributed by atoms with van der Waals surface area (Å²) in [7, 11) is -1.45. The van der Waals surface area contributed by atoms with E-state index in [1.807, 2.05) is 54.6 Å². The summed E-state index contributed by atoms with van der Waals surface area (Å²) in [5.41, 5.74) is 3.20. The summed E-state index contributed by atoms with van der Waals surface area (Å²) in [5, 5.41) is 21.8. The van der Waals surface area contributed by atoms with Crippen molar-refractivity contribution in [2.45, 2.75) is 11.7 Å². The predicted octanol–water partition coefficient (Wildman–Crippen LogP) is 4.13. The lowest BCUT2D eigenvalue weighted by Gasteiger charge is -2.32. The van der Waals surface area contributed by atoms with Gasteiger partial charge in [0, 0.05) is 0 Å². The molecule has 3 aromatic carbocycles. The van der Waals surface area contributed by atoms with E-state index in [1.165, 1.54) is 16.3 Å². The maximum atomic E-state index is 10.1. The third kappa shape index (κ3) is 2.72. The fourth-order valence-corrected chi connectivity index (χ4v) is 3.63. The Labute approximate surface area is 147 Å². The van der Waals surface area contributed by atoms with Gasteiger partial charge in [-0.15, -0.1) is 0 Å². The van der Waals surface area contributed by atoms with E-state index in [-0.39, 0.29) is 0 Å². The molecule has 25 heavy (non-hydrogen) atoms. The number of rotatable bonds is 3. The highest BCUT2D eigenvalue weighted by Gasteiger charge is 2.41. The summed E-state index contributed by atoms with van der Waals surface area (Å²) in [6.45, 7) is 0. The van der Waals surface area contributed by atoms with E-state index in [1.54, 1.807) is 0 Å². The highest BCUT2D eigenvalue weighted by Crippen LogP contribution is 2.38. The topological polar surface area (TPSA) is 40.5 Å². The van der Waals surface area contributed by atoms with Crippen LogP contribution in [-0.2, 0) is 5.31 Å². The Morgan fingerprint density at radius 3 is 2.24 bits per heavy atom. The van der Waals surface area contributed by atoms with Gasteiger partial charge in [-0.25, -0.2) is 0 Å². The molecule has 1 unspecified atom stereocenters. The number of benzene rings is 3. The van der Waals surface area contributed by atoms with Gasteiger partial charge in [-0.1, -0.05) is 91.0 Å². The molecule has 1 aliphatic carbocycles. The van der Waals surface area contributed by atoms with Crippen LogP contribution in [0.25, 0.3) is 16.3 Å². The molecule has 2 nitrogen and oxygen atoms in total. The van der Waals surface area contributed by atoms with Crippen LogP contribution >= 0.6 is 0 Å². The third-order valence-corrected chi connectivity index (χ3v) is 5.09. The van der Waals surface area contributed by atoms with E-state index in [4.69, 9.17) is 0 Å². The Morgan fingerprint density at radius 1 is 0.800 bits per heavy atom. The molecule has 0 aromatic heterocycles. The SMILES string of the molecule is OB(O)C1(c2ccccc2)C=CC(c2cccc3ccccc23)=CC1.